The van der Waals surface area contributed by atoms with Gasteiger partial charge in [0.2, 0.25) is 0 Å². The van der Waals surface area contributed by atoms with Crippen molar-refractivity contribution in [2.24, 2.45) is 7.05 Å². The second kappa shape index (κ2) is 7.75. The minimum absolute atomic E-state index is 0.148. The van der Waals surface area contributed by atoms with Gasteiger partial charge in [-0.15, -0.1) is 0 Å². The van der Waals surface area contributed by atoms with Crippen molar-refractivity contribution in [3.63, 3.8) is 0 Å². The van der Waals surface area contributed by atoms with E-state index < -0.39 is 23.4 Å². The maximum absolute atomic E-state index is 13.5. The van der Waals surface area contributed by atoms with Gasteiger partial charge >= 0.3 is 0 Å². The molecule has 156 valence electrons. The Balaban J connectivity index is 1.88. The SMILES string of the molecule is Cc1c(C(=O)Nc2ccc(F)c(C#N)c2)c(C)n(C)c1C(=O)C(=O)NC1(C)CCC1. The standard InChI is InChI=1S/C22H23FN4O3/c1-12-17(20(29)25-15-6-7-16(23)14(10-15)11-24)13(2)27(4)18(12)19(28)21(30)26-22(3)8-5-9-22/h6-7,10H,5,8-9H2,1-4H3,(H,25,29)(H,26,30). The van der Waals surface area contributed by atoms with Gasteiger partial charge in [0.05, 0.1) is 16.8 Å². The zero-order chi connectivity index (χ0) is 22.2. The molecule has 0 aliphatic heterocycles. The minimum Gasteiger partial charge on any atom is -0.344 e. The maximum Gasteiger partial charge on any atom is 0.294 e. The number of anilines is 1. The Kier molecular flexibility index (Phi) is 5.49. The second-order valence-corrected chi connectivity index (χ2v) is 7.95. The molecule has 0 spiro atoms. The highest BCUT2D eigenvalue weighted by atomic mass is 19.1. The number of carbonyl (C=O) groups excluding carboxylic acids is 3. The number of hydrogen-bond donors (Lipinski definition) is 2. The number of amides is 2. The quantitative estimate of drug-likeness (QED) is 0.584. The summed E-state index contributed by atoms with van der Waals surface area (Å²) in [5.41, 5.74) is 1.01. The monoisotopic (exact) mass is 410 g/mol. The van der Waals surface area contributed by atoms with Gasteiger partial charge in [-0.3, -0.25) is 14.4 Å². The molecule has 2 N–H and O–H groups in total. The van der Waals surface area contributed by atoms with E-state index in [4.69, 9.17) is 5.26 Å². The van der Waals surface area contributed by atoms with Crippen LogP contribution in [-0.2, 0) is 11.8 Å². The molecule has 2 aromatic rings. The molecule has 8 heteroatoms. The lowest BCUT2D eigenvalue weighted by molar-refractivity contribution is -0.119. The van der Waals surface area contributed by atoms with E-state index in [1.54, 1.807) is 27.0 Å². The molecule has 1 aromatic carbocycles. The number of halogens is 1. The van der Waals surface area contributed by atoms with Crippen LogP contribution in [0.15, 0.2) is 18.2 Å². The number of Topliss-reactive ketones (excluding diaryl/α,β-unsaturated/α-hetero) is 1. The smallest absolute Gasteiger partial charge is 0.294 e. The van der Waals surface area contributed by atoms with Crippen LogP contribution in [0.5, 0.6) is 0 Å². The van der Waals surface area contributed by atoms with Gasteiger partial charge in [0.25, 0.3) is 17.6 Å². The predicted molar refractivity (Wildman–Crippen MR) is 109 cm³/mol. The van der Waals surface area contributed by atoms with Crippen molar-refractivity contribution in [3.05, 3.63) is 52.1 Å². The average Bonchev–Trinajstić information content (AvgIpc) is 2.90. The molecule has 3 rings (SSSR count). The molecule has 0 bridgehead atoms. The van der Waals surface area contributed by atoms with E-state index in [1.165, 1.54) is 16.7 Å². The van der Waals surface area contributed by atoms with Crippen LogP contribution in [0.1, 0.15) is 63.9 Å². The first kappa shape index (κ1) is 21.2. The van der Waals surface area contributed by atoms with E-state index in [0.29, 0.717) is 11.3 Å². The summed E-state index contributed by atoms with van der Waals surface area (Å²) in [6.07, 6.45) is 2.66. The van der Waals surface area contributed by atoms with Gasteiger partial charge in [-0.05, 0) is 63.8 Å². The fourth-order valence-corrected chi connectivity index (χ4v) is 3.79. The molecule has 7 nitrogen and oxygen atoms in total. The topological polar surface area (TPSA) is 104 Å². The number of nitriles is 1. The van der Waals surface area contributed by atoms with Crippen LogP contribution in [0.4, 0.5) is 10.1 Å². The molecular weight excluding hydrogens is 387 g/mol. The lowest BCUT2D eigenvalue weighted by Crippen LogP contribution is -2.53. The first-order valence-corrected chi connectivity index (χ1v) is 9.61. The molecule has 1 aromatic heterocycles. The summed E-state index contributed by atoms with van der Waals surface area (Å²) in [4.78, 5) is 38.2. The normalized spacial score (nSPS) is 14.4. The number of carbonyl (C=O) groups is 3. The Morgan fingerprint density at radius 2 is 1.90 bits per heavy atom. The molecule has 0 saturated heterocycles. The molecule has 1 fully saturated rings. The van der Waals surface area contributed by atoms with E-state index in [9.17, 15) is 18.8 Å². The summed E-state index contributed by atoms with van der Waals surface area (Å²) >= 11 is 0. The number of benzene rings is 1. The van der Waals surface area contributed by atoms with Crippen LogP contribution < -0.4 is 10.6 Å². The zero-order valence-electron chi connectivity index (χ0n) is 17.4. The number of rotatable bonds is 5. The number of nitrogens with one attached hydrogen (secondary N) is 2. The fourth-order valence-electron chi connectivity index (χ4n) is 3.79. The highest BCUT2D eigenvalue weighted by Crippen LogP contribution is 2.31. The highest BCUT2D eigenvalue weighted by Gasteiger charge is 2.36. The Morgan fingerprint density at radius 3 is 2.47 bits per heavy atom. The van der Waals surface area contributed by atoms with E-state index in [2.05, 4.69) is 10.6 Å². The lowest BCUT2D eigenvalue weighted by atomic mass is 9.78. The van der Waals surface area contributed by atoms with Gasteiger partial charge in [0.15, 0.2) is 0 Å². The van der Waals surface area contributed by atoms with Crippen molar-refractivity contribution in [1.82, 2.24) is 9.88 Å². The van der Waals surface area contributed by atoms with Crippen molar-refractivity contribution in [3.8, 4) is 6.07 Å². The van der Waals surface area contributed by atoms with Crippen molar-refractivity contribution in [2.45, 2.75) is 45.6 Å². The van der Waals surface area contributed by atoms with Crippen molar-refractivity contribution >= 4 is 23.3 Å². The molecule has 0 radical (unpaired) electrons. The second-order valence-electron chi connectivity index (χ2n) is 7.95. The molecule has 2 amide bonds. The molecule has 30 heavy (non-hydrogen) atoms. The van der Waals surface area contributed by atoms with Crippen molar-refractivity contribution < 1.29 is 18.8 Å². The van der Waals surface area contributed by atoms with Crippen molar-refractivity contribution in [1.29, 1.82) is 5.26 Å². The van der Waals surface area contributed by atoms with Gasteiger partial charge in [-0.2, -0.15) is 5.26 Å². The van der Waals surface area contributed by atoms with Gasteiger partial charge < -0.3 is 15.2 Å². The van der Waals surface area contributed by atoms with Crippen LogP contribution in [0.2, 0.25) is 0 Å². The van der Waals surface area contributed by atoms with Gasteiger partial charge in [0.1, 0.15) is 11.9 Å². The van der Waals surface area contributed by atoms with E-state index in [0.717, 1.165) is 25.3 Å². The molecule has 1 heterocycles. The molecule has 1 saturated carbocycles. The third-order valence-corrected chi connectivity index (χ3v) is 5.80. The summed E-state index contributed by atoms with van der Waals surface area (Å²) in [5, 5.41) is 14.4. The first-order valence-electron chi connectivity index (χ1n) is 9.61. The average molecular weight is 410 g/mol. The minimum atomic E-state index is -0.696. The van der Waals surface area contributed by atoms with Crippen LogP contribution in [-0.4, -0.2) is 27.7 Å². The molecule has 1 aliphatic carbocycles. The van der Waals surface area contributed by atoms with E-state index >= 15 is 0 Å². The van der Waals surface area contributed by atoms with Crippen LogP contribution in [0.3, 0.4) is 0 Å². The van der Waals surface area contributed by atoms with Gasteiger partial charge in [-0.25, -0.2) is 4.39 Å². The lowest BCUT2D eigenvalue weighted by Gasteiger charge is -2.38. The summed E-state index contributed by atoms with van der Waals surface area (Å²) in [6, 6.07) is 5.40. The third kappa shape index (κ3) is 3.71. The summed E-state index contributed by atoms with van der Waals surface area (Å²) in [7, 11) is 1.62. The van der Waals surface area contributed by atoms with Crippen LogP contribution >= 0.6 is 0 Å². The molecule has 0 unspecified atom stereocenters. The zero-order valence-corrected chi connectivity index (χ0v) is 17.4. The molecule has 0 atom stereocenters. The van der Waals surface area contributed by atoms with Gasteiger partial charge in [0, 0.05) is 24.0 Å². The summed E-state index contributed by atoms with van der Waals surface area (Å²) in [6.45, 7) is 5.19. The summed E-state index contributed by atoms with van der Waals surface area (Å²) < 4.78 is 15.0. The van der Waals surface area contributed by atoms with Crippen molar-refractivity contribution in [2.75, 3.05) is 5.32 Å². The van der Waals surface area contributed by atoms with E-state index in [-0.39, 0.29) is 28.0 Å². The predicted octanol–water partition coefficient (Wildman–Crippen LogP) is 3.15. The number of aromatic nitrogens is 1. The number of nitrogens with zero attached hydrogens (tertiary/aromatic N) is 2. The highest BCUT2D eigenvalue weighted by molar-refractivity contribution is 6.43. The third-order valence-electron chi connectivity index (χ3n) is 5.80. The summed E-state index contributed by atoms with van der Waals surface area (Å²) in [5.74, 6) is -2.58. The Bertz CT molecular complexity index is 1110. The maximum atomic E-state index is 13.5. The fraction of sp³-hybridized carbons (Fsp3) is 0.364. The Labute approximate surface area is 173 Å². The number of hydrogen-bond acceptors (Lipinski definition) is 4. The van der Waals surface area contributed by atoms with E-state index in [1.807, 2.05) is 6.92 Å². The Hall–Kier alpha value is -3.47. The van der Waals surface area contributed by atoms with Crippen LogP contribution in [0.25, 0.3) is 0 Å². The molecule has 1 aliphatic rings. The largest absolute Gasteiger partial charge is 0.344 e. The Morgan fingerprint density at radius 1 is 1.23 bits per heavy atom. The first-order chi connectivity index (χ1) is 14.1. The van der Waals surface area contributed by atoms with Gasteiger partial charge in [-0.1, -0.05) is 0 Å². The number of ketones is 1. The molecular formula is C22H23FN4O3. The van der Waals surface area contributed by atoms with Crippen LogP contribution in [0, 0.1) is 31.0 Å².